The van der Waals surface area contributed by atoms with E-state index >= 15 is 0 Å². The predicted octanol–water partition coefficient (Wildman–Crippen LogP) is 3.08. The van der Waals surface area contributed by atoms with Gasteiger partial charge < -0.3 is 19.3 Å². The Kier molecular flexibility index (Phi) is 5.99. The SMILES string of the molecule is C=CCn1c(SCc2nc3ccccc3c(=O)[nH]2)nnc1[C@@H](C)NC(=O)c1ccco1. The lowest BCUT2D eigenvalue weighted by Gasteiger charge is -2.14. The number of hydrogen-bond acceptors (Lipinski definition) is 7. The summed E-state index contributed by atoms with van der Waals surface area (Å²) in [6.45, 7) is 6.08. The van der Waals surface area contributed by atoms with E-state index in [4.69, 9.17) is 4.42 Å². The van der Waals surface area contributed by atoms with Gasteiger partial charge in [-0.15, -0.1) is 16.8 Å². The Balaban J connectivity index is 1.52. The smallest absolute Gasteiger partial charge is 0.287 e. The van der Waals surface area contributed by atoms with Crippen LogP contribution in [0.2, 0.25) is 0 Å². The van der Waals surface area contributed by atoms with Crippen molar-refractivity contribution in [1.82, 2.24) is 30.0 Å². The number of aromatic amines is 1. The molecule has 1 atom stereocenters. The second-order valence-electron chi connectivity index (χ2n) is 6.73. The van der Waals surface area contributed by atoms with Gasteiger partial charge in [-0.25, -0.2) is 4.98 Å². The van der Waals surface area contributed by atoms with E-state index in [1.165, 1.54) is 18.0 Å². The lowest BCUT2D eigenvalue weighted by molar-refractivity contribution is 0.0909. The van der Waals surface area contributed by atoms with Crippen LogP contribution in [0.25, 0.3) is 10.9 Å². The molecule has 0 saturated heterocycles. The molecule has 4 rings (SSSR count). The summed E-state index contributed by atoms with van der Waals surface area (Å²) in [5.41, 5.74) is 0.466. The first kappa shape index (κ1) is 20.6. The maximum Gasteiger partial charge on any atom is 0.287 e. The van der Waals surface area contributed by atoms with Crippen molar-refractivity contribution in [2.24, 2.45) is 0 Å². The molecule has 0 bridgehead atoms. The zero-order valence-electron chi connectivity index (χ0n) is 16.7. The van der Waals surface area contributed by atoms with Gasteiger partial charge in [0.1, 0.15) is 5.82 Å². The summed E-state index contributed by atoms with van der Waals surface area (Å²) >= 11 is 1.39. The largest absolute Gasteiger partial charge is 0.459 e. The topological polar surface area (TPSA) is 119 Å². The van der Waals surface area contributed by atoms with E-state index in [-0.39, 0.29) is 17.2 Å². The molecule has 0 aliphatic rings. The number of nitrogens with one attached hydrogen (secondary N) is 2. The van der Waals surface area contributed by atoms with Gasteiger partial charge in [0.2, 0.25) is 0 Å². The van der Waals surface area contributed by atoms with Crippen LogP contribution in [0.15, 0.2) is 69.7 Å². The number of aromatic nitrogens is 5. The number of para-hydroxylation sites is 1. The third-order valence-corrected chi connectivity index (χ3v) is 5.51. The van der Waals surface area contributed by atoms with Crippen molar-refractivity contribution in [1.29, 1.82) is 0 Å². The maximum atomic E-state index is 12.3. The molecule has 0 spiro atoms. The average Bonchev–Trinajstić information content (AvgIpc) is 3.43. The molecule has 4 aromatic rings. The number of carbonyl (C=O) groups is 1. The fourth-order valence-electron chi connectivity index (χ4n) is 3.10. The van der Waals surface area contributed by atoms with E-state index in [1.54, 1.807) is 36.4 Å². The summed E-state index contributed by atoms with van der Waals surface area (Å²) in [5, 5.41) is 12.5. The summed E-state index contributed by atoms with van der Waals surface area (Å²) in [5.74, 6) is 1.42. The van der Waals surface area contributed by atoms with Crippen LogP contribution in [-0.4, -0.2) is 30.6 Å². The monoisotopic (exact) mass is 436 g/mol. The minimum atomic E-state index is -0.405. The summed E-state index contributed by atoms with van der Waals surface area (Å²) < 4.78 is 7.00. The molecule has 1 amide bonds. The number of nitrogens with zero attached hydrogens (tertiary/aromatic N) is 4. The van der Waals surface area contributed by atoms with E-state index in [9.17, 15) is 9.59 Å². The highest BCUT2D eigenvalue weighted by Crippen LogP contribution is 2.23. The van der Waals surface area contributed by atoms with Gasteiger partial charge >= 0.3 is 0 Å². The van der Waals surface area contributed by atoms with Crippen molar-refractivity contribution in [3.8, 4) is 0 Å². The van der Waals surface area contributed by atoms with Gasteiger partial charge in [0, 0.05) is 6.54 Å². The van der Waals surface area contributed by atoms with E-state index in [1.807, 2.05) is 17.6 Å². The molecule has 31 heavy (non-hydrogen) atoms. The fourth-order valence-corrected chi connectivity index (χ4v) is 3.93. The Hall–Kier alpha value is -3.66. The minimum absolute atomic E-state index is 0.177. The molecule has 0 radical (unpaired) electrons. The first-order valence-electron chi connectivity index (χ1n) is 9.56. The molecule has 3 heterocycles. The molecule has 0 saturated carbocycles. The summed E-state index contributed by atoms with van der Waals surface area (Å²) in [7, 11) is 0. The predicted molar refractivity (Wildman–Crippen MR) is 117 cm³/mol. The Morgan fingerprint density at radius 2 is 2.16 bits per heavy atom. The summed E-state index contributed by atoms with van der Waals surface area (Å²) in [6.07, 6.45) is 3.17. The highest BCUT2D eigenvalue weighted by atomic mass is 32.2. The molecule has 10 heteroatoms. The molecule has 3 aromatic heterocycles. The van der Waals surface area contributed by atoms with Gasteiger partial charge in [-0.1, -0.05) is 30.0 Å². The minimum Gasteiger partial charge on any atom is -0.459 e. The van der Waals surface area contributed by atoms with Gasteiger partial charge in [-0.3, -0.25) is 9.59 Å². The van der Waals surface area contributed by atoms with E-state index in [2.05, 4.69) is 32.1 Å². The Morgan fingerprint density at radius 3 is 2.94 bits per heavy atom. The van der Waals surface area contributed by atoms with Crippen molar-refractivity contribution in [3.05, 3.63) is 83.1 Å². The average molecular weight is 436 g/mol. The molecule has 9 nitrogen and oxygen atoms in total. The van der Waals surface area contributed by atoms with Crippen LogP contribution in [0.3, 0.4) is 0 Å². The molecule has 1 aromatic carbocycles. The summed E-state index contributed by atoms with van der Waals surface area (Å²) in [6, 6.07) is 10.0. The van der Waals surface area contributed by atoms with Crippen molar-refractivity contribution in [2.75, 3.05) is 0 Å². The number of rotatable bonds is 8. The quantitative estimate of drug-likeness (QED) is 0.322. The number of amides is 1. The Morgan fingerprint density at radius 1 is 1.32 bits per heavy atom. The fraction of sp³-hybridized carbons (Fsp3) is 0.190. The number of fused-ring (bicyclic) bond motifs is 1. The van der Waals surface area contributed by atoms with Crippen molar-refractivity contribution in [2.45, 2.75) is 30.4 Å². The van der Waals surface area contributed by atoms with Crippen molar-refractivity contribution < 1.29 is 9.21 Å². The zero-order chi connectivity index (χ0) is 21.8. The lowest BCUT2D eigenvalue weighted by Crippen LogP contribution is -2.28. The number of hydrogen-bond donors (Lipinski definition) is 2. The number of allylic oxidation sites excluding steroid dienone is 1. The van der Waals surface area contributed by atoms with Gasteiger partial charge in [-0.05, 0) is 31.2 Å². The first-order valence-corrected chi connectivity index (χ1v) is 10.5. The lowest BCUT2D eigenvalue weighted by atomic mass is 10.2. The van der Waals surface area contributed by atoms with E-state index < -0.39 is 6.04 Å². The molecule has 158 valence electrons. The van der Waals surface area contributed by atoms with Crippen LogP contribution in [0.4, 0.5) is 0 Å². The second-order valence-corrected chi connectivity index (χ2v) is 7.67. The summed E-state index contributed by atoms with van der Waals surface area (Å²) in [4.78, 5) is 31.9. The molecule has 0 aliphatic carbocycles. The number of benzene rings is 1. The van der Waals surface area contributed by atoms with Crippen molar-refractivity contribution >= 4 is 28.6 Å². The molecule has 2 N–H and O–H groups in total. The van der Waals surface area contributed by atoms with Crippen LogP contribution in [0.1, 0.15) is 35.2 Å². The highest BCUT2D eigenvalue weighted by molar-refractivity contribution is 7.98. The van der Waals surface area contributed by atoms with Crippen LogP contribution in [0.5, 0.6) is 0 Å². The molecular weight excluding hydrogens is 416 g/mol. The third kappa shape index (κ3) is 4.43. The van der Waals surface area contributed by atoms with Gasteiger partial charge in [0.15, 0.2) is 16.7 Å². The standard InChI is InChI=1S/C21H20N6O3S/c1-3-10-27-18(13(2)22-20(29)16-9-6-11-30-16)25-26-21(27)31-12-17-23-15-8-5-4-7-14(15)19(28)24-17/h3-9,11,13H,1,10,12H2,2H3,(H,22,29)(H,23,24,28)/t13-/m1/s1. The molecular formula is C21H20N6O3S. The highest BCUT2D eigenvalue weighted by Gasteiger charge is 2.21. The van der Waals surface area contributed by atoms with E-state index in [0.717, 1.165) is 0 Å². The third-order valence-electron chi connectivity index (χ3n) is 4.54. The molecule has 0 aliphatic heterocycles. The number of furan rings is 1. The first-order chi connectivity index (χ1) is 15.1. The van der Waals surface area contributed by atoms with Gasteiger partial charge in [0.05, 0.1) is 29.0 Å². The van der Waals surface area contributed by atoms with E-state index in [0.29, 0.717) is 40.0 Å². The van der Waals surface area contributed by atoms with Gasteiger partial charge in [0.25, 0.3) is 11.5 Å². The van der Waals surface area contributed by atoms with Crippen LogP contribution in [0, 0.1) is 0 Å². The maximum absolute atomic E-state index is 12.3. The zero-order valence-corrected chi connectivity index (χ0v) is 17.6. The number of thioether (sulfide) groups is 1. The van der Waals surface area contributed by atoms with Crippen molar-refractivity contribution in [3.63, 3.8) is 0 Å². The number of carbonyl (C=O) groups excluding carboxylic acids is 1. The number of H-pyrrole nitrogens is 1. The second kappa shape index (κ2) is 9.00. The normalized spacial score (nSPS) is 12.0. The molecule has 0 fully saturated rings. The Bertz CT molecular complexity index is 1280. The Labute approximate surface area is 181 Å². The van der Waals surface area contributed by atoms with Crippen LogP contribution < -0.4 is 10.9 Å². The van der Waals surface area contributed by atoms with Crippen LogP contribution in [-0.2, 0) is 12.3 Å². The van der Waals surface area contributed by atoms with Gasteiger partial charge in [-0.2, -0.15) is 0 Å². The van der Waals surface area contributed by atoms with Crippen LogP contribution >= 0.6 is 11.8 Å². The molecule has 0 unspecified atom stereocenters.